The van der Waals surface area contributed by atoms with Crippen LogP contribution in [-0.4, -0.2) is 25.3 Å². The second kappa shape index (κ2) is 6.68. The fourth-order valence-corrected chi connectivity index (χ4v) is 3.01. The number of aromatic nitrogens is 1. The topological polar surface area (TPSA) is 82.8 Å². The van der Waals surface area contributed by atoms with Gasteiger partial charge < -0.3 is 24.1 Å². The van der Waals surface area contributed by atoms with Crippen LogP contribution in [0.4, 0.5) is 5.69 Å². The van der Waals surface area contributed by atoms with Crippen LogP contribution in [0.2, 0.25) is 0 Å². The SMILES string of the molecule is COc1ccc(NC(=O)c2noc3c2COc2ccc(C)cc2-3)c(OC)c1. The monoisotopic (exact) mass is 366 g/mol. The quantitative estimate of drug-likeness (QED) is 0.756. The van der Waals surface area contributed by atoms with Crippen molar-refractivity contribution >= 4 is 11.6 Å². The Morgan fingerprint density at radius 3 is 2.78 bits per heavy atom. The number of carbonyl (C=O) groups is 1. The number of anilines is 1. The molecule has 4 rings (SSSR count). The van der Waals surface area contributed by atoms with E-state index in [1.165, 1.54) is 7.11 Å². The first kappa shape index (κ1) is 17.0. The van der Waals surface area contributed by atoms with Gasteiger partial charge in [0, 0.05) is 6.07 Å². The average molecular weight is 366 g/mol. The molecule has 0 saturated carbocycles. The molecular formula is C20H18N2O5. The Morgan fingerprint density at radius 2 is 2.00 bits per heavy atom. The Hall–Kier alpha value is -3.48. The maximum absolute atomic E-state index is 12.8. The van der Waals surface area contributed by atoms with Gasteiger partial charge in [0.2, 0.25) is 0 Å². The Morgan fingerprint density at radius 1 is 1.15 bits per heavy atom. The van der Waals surface area contributed by atoms with E-state index in [2.05, 4.69) is 10.5 Å². The van der Waals surface area contributed by atoms with Crippen molar-refractivity contribution < 1.29 is 23.5 Å². The van der Waals surface area contributed by atoms with E-state index in [0.29, 0.717) is 34.3 Å². The van der Waals surface area contributed by atoms with Crippen molar-refractivity contribution in [3.63, 3.8) is 0 Å². The van der Waals surface area contributed by atoms with Gasteiger partial charge in [0.1, 0.15) is 23.9 Å². The minimum absolute atomic E-state index is 0.190. The molecule has 0 radical (unpaired) electrons. The van der Waals surface area contributed by atoms with E-state index in [1.807, 2.05) is 25.1 Å². The number of aryl methyl sites for hydroxylation is 1. The largest absolute Gasteiger partial charge is 0.497 e. The lowest BCUT2D eigenvalue weighted by Crippen LogP contribution is -2.17. The second-order valence-corrected chi connectivity index (χ2v) is 6.15. The molecule has 7 nitrogen and oxygen atoms in total. The number of rotatable bonds is 4. The highest BCUT2D eigenvalue weighted by Gasteiger charge is 2.29. The first-order valence-corrected chi connectivity index (χ1v) is 8.36. The summed E-state index contributed by atoms with van der Waals surface area (Å²) >= 11 is 0. The highest BCUT2D eigenvalue weighted by Crippen LogP contribution is 2.39. The second-order valence-electron chi connectivity index (χ2n) is 6.15. The molecule has 0 spiro atoms. The lowest BCUT2D eigenvalue weighted by Gasteiger charge is -2.17. The molecule has 27 heavy (non-hydrogen) atoms. The van der Waals surface area contributed by atoms with Crippen molar-refractivity contribution in [2.24, 2.45) is 0 Å². The maximum Gasteiger partial charge on any atom is 0.278 e. The van der Waals surface area contributed by atoms with Crippen LogP contribution in [0, 0.1) is 6.92 Å². The van der Waals surface area contributed by atoms with Crippen LogP contribution in [-0.2, 0) is 6.61 Å². The molecule has 0 saturated heterocycles. The van der Waals surface area contributed by atoms with E-state index in [0.717, 1.165) is 11.1 Å². The highest BCUT2D eigenvalue weighted by molar-refractivity contribution is 6.05. The van der Waals surface area contributed by atoms with Crippen molar-refractivity contribution in [3.05, 3.63) is 53.2 Å². The van der Waals surface area contributed by atoms with Gasteiger partial charge in [-0.25, -0.2) is 0 Å². The van der Waals surface area contributed by atoms with E-state index in [-0.39, 0.29) is 12.3 Å². The zero-order valence-electron chi connectivity index (χ0n) is 15.2. The smallest absolute Gasteiger partial charge is 0.278 e. The number of carbonyl (C=O) groups excluding carboxylic acids is 1. The van der Waals surface area contributed by atoms with Gasteiger partial charge in [-0.2, -0.15) is 0 Å². The van der Waals surface area contributed by atoms with Crippen LogP contribution in [0.15, 0.2) is 40.9 Å². The van der Waals surface area contributed by atoms with Crippen molar-refractivity contribution in [2.75, 3.05) is 19.5 Å². The standard InChI is InChI=1S/C20H18N2O5/c1-11-4-7-16-13(8-11)19-14(10-26-16)18(22-27-19)20(23)21-15-6-5-12(24-2)9-17(15)25-3/h4-9H,10H2,1-3H3,(H,21,23). The van der Waals surface area contributed by atoms with Crippen LogP contribution < -0.4 is 19.5 Å². The summed E-state index contributed by atoms with van der Waals surface area (Å²) in [6.45, 7) is 2.20. The number of amides is 1. The van der Waals surface area contributed by atoms with Crippen molar-refractivity contribution in [3.8, 4) is 28.6 Å². The van der Waals surface area contributed by atoms with Gasteiger partial charge in [0.25, 0.3) is 5.91 Å². The molecule has 3 aromatic rings. The molecule has 1 aliphatic rings. The number of hydrogen-bond acceptors (Lipinski definition) is 6. The maximum atomic E-state index is 12.8. The molecule has 2 heterocycles. The third-order valence-electron chi connectivity index (χ3n) is 4.41. The predicted molar refractivity (Wildman–Crippen MR) is 98.5 cm³/mol. The van der Waals surface area contributed by atoms with E-state index in [1.54, 1.807) is 25.3 Å². The van der Waals surface area contributed by atoms with Crippen molar-refractivity contribution in [1.82, 2.24) is 5.16 Å². The van der Waals surface area contributed by atoms with Gasteiger partial charge in [0.15, 0.2) is 11.5 Å². The molecule has 1 amide bonds. The lowest BCUT2D eigenvalue weighted by atomic mass is 10.0. The first-order valence-electron chi connectivity index (χ1n) is 8.36. The third-order valence-corrected chi connectivity index (χ3v) is 4.41. The summed E-state index contributed by atoms with van der Waals surface area (Å²) in [6, 6.07) is 10.9. The number of nitrogens with one attached hydrogen (secondary N) is 1. The third kappa shape index (κ3) is 2.97. The summed E-state index contributed by atoms with van der Waals surface area (Å²) in [5.74, 6) is 1.99. The van der Waals surface area contributed by atoms with Crippen LogP contribution in [0.25, 0.3) is 11.3 Å². The molecule has 7 heteroatoms. The summed E-state index contributed by atoms with van der Waals surface area (Å²) in [5.41, 5.74) is 3.18. The molecular weight excluding hydrogens is 348 g/mol. The fraction of sp³-hybridized carbons (Fsp3) is 0.200. The summed E-state index contributed by atoms with van der Waals surface area (Å²) in [5, 5.41) is 6.78. The lowest BCUT2D eigenvalue weighted by molar-refractivity contribution is 0.101. The van der Waals surface area contributed by atoms with Crippen LogP contribution in [0.1, 0.15) is 21.6 Å². The number of benzene rings is 2. The molecule has 0 atom stereocenters. The van der Waals surface area contributed by atoms with Gasteiger partial charge in [-0.1, -0.05) is 16.8 Å². The zero-order chi connectivity index (χ0) is 19.0. The van der Waals surface area contributed by atoms with Crippen molar-refractivity contribution in [1.29, 1.82) is 0 Å². The molecule has 1 aliphatic heterocycles. The summed E-state index contributed by atoms with van der Waals surface area (Å²) in [6.07, 6.45) is 0. The Kier molecular flexibility index (Phi) is 4.19. The minimum atomic E-state index is -0.400. The predicted octanol–water partition coefficient (Wildman–Crippen LogP) is 3.81. The molecule has 2 aromatic carbocycles. The Bertz CT molecular complexity index is 1030. The van der Waals surface area contributed by atoms with Gasteiger partial charge in [-0.05, 0) is 31.2 Å². The first-order chi connectivity index (χ1) is 13.1. The molecule has 1 aromatic heterocycles. The number of fused-ring (bicyclic) bond motifs is 3. The number of methoxy groups -OCH3 is 2. The van der Waals surface area contributed by atoms with E-state index >= 15 is 0 Å². The molecule has 0 aliphatic carbocycles. The van der Waals surface area contributed by atoms with Gasteiger partial charge >= 0.3 is 0 Å². The van der Waals surface area contributed by atoms with Crippen molar-refractivity contribution in [2.45, 2.75) is 13.5 Å². The zero-order valence-corrected chi connectivity index (χ0v) is 15.2. The van der Waals surface area contributed by atoms with Crippen LogP contribution >= 0.6 is 0 Å². The van der Waals surface area contributed by atoms with E-state index in [4.69, 9.17) is 18.7 Å². The summed E-state index contributed by atoms with van der Waals surface area (Å²) in [7, 11) is 3.09. The number of hydrogen-bond donors (Lipinski definition) is 1. The highest BCUT2D eigenvalue weighted by atomic mass is 16.5. The van der Waals surface area contributed by atoms with Crippen LogP contribution in [0.3, 0.4) is 0 Å². The molecule has 138 valence electrons. The number of ether oxygens (including phenoxy) is 3. The Balaban J connectivity index is 1.66. The van der Waals surface area contributed by atoms with E-state index in [9.17, 15) is 4.79 Å². The number of nitrogens with zero attached hydrogens (tertiary/aromatic N) is 1. The minimum Gasteiger partial charge on any atom is -0.497 e. The average Bonchev–Trinajstić information content (AvgIpc) is 3.13. The fourth-order valence-electron chi connectivity index (χ4n) is 3.01. The molecule has 0 unspecified atom stereocenters. The van der Waals surface area contributed by atoms with E-state index < -0.39 is 5.91 Å². The normalized spacial score (nSPS) is 11.8. The molecule has 1 N–H and O–H groups in total. The summed E-state index contributed by atoms with van der Waals surface area (Å²) in [4.78, 5) is 12.8. The molecule has 0 fully saturated rings. The molecule has 0 bridgehead atoms. The van der Waals surface area contributed by atoms with Gasteiger partial charge in [-0.15, -0.1) is 0 Å². The Labute approximate surface area is 155 Å². The van der Waals surface area contributed by atoms with Crippen LogP contribution in [0.5, 0.6) is 17.2 Å². The van der Waals surface area contributed by atoms with Gasteiger partial charge in [-0.3, -0.25) is 4.79 Å². The van der Waals surface area contributed by atoms with Gasteiger partial charge in [0.05, 0.1) is 31.0 Å². The summed E-state index contributed by atoms with van der Waals surface area (Å²) < 4.78 is 21.7.